The predicted molar refractivity (Wildman–Crippen MR) is 76.1 cm³/mol. The lowest BCUT2D eigenvalue weighted by molar-refractivity contribution is -0.124. The Morgan fingerprint density at radius 1 is 1.38 bits per heavy atom. The van der Waals surface area contributed by atoms with Gasteiger partial charge in [-0.15, -0.1) is 0 Å². The molecule has 0 bridgehead atoms. The zero-order chi connectivity index (χ0) is 14.7. The van der Waals surface area contributed by atoms with Gasteiger partial charge in [0.05, 0.1) is 18.9 Å². The fraction of sp³-hybridized carbons (Fsp3) is 0.333. The zero-order valence-electron chi connectivity index (χ0n) is 11.7. The van der Waals surface area contributed by atoms with Gasteiger partial charge < -0.3 is 14.0 Å². The van der Waals surface area contributed by atoms with Gasteiger partial charge >= 0.3 is 0 Å². The summed E-state index contributed by atoms with van der Waals surface area (Å²) in [4.78, 5) is 12.1. The second-order valence-electron chi connectivity index (χ2n) is 4.79. The standard InChI is InChI=1S/C15H16N2O4/c1-19-11-6-4-10(5-7-11)12-9-16-21-15(12)17-14(18)13-3-2-8-20-13/h4-7,9,13H,2-3,8H2,1H3,(H,17,18). The quantitative estimate of drug-likeness (QED) is 0.935. The zero-order valence-corrected chi connectivity index (χ0v) is 11.7. The summed E-state index contributed by atoms with van der Waals surface area (Å²) in [6.45, 7) is 0.625. The molecular weight excluding hydrogens is 272 g/mol. The maximum Gasteiger partial charge on any atom is 0.255 e. The molecule has 6 heteroatoms. The first kappa shape index (κ1) is 13.6. The number of aromatic nitrogens is 1. The van der Waals surface area contributed by atoms with Crippen LogP contribution in [-0.2, 0) is 9.53 Å². The molecule has 21 heavy (non-hydrogen) atoms. The van der Waals surface area contributed by atoms with Crippen LogP contribution in [0.1, 0.15) is 12.8 Å². The molecule has 1 aromatic carbocycles. The van der Waals surface area contributed by atoms with Gasteiger partial charge in [0.1, 0.15) is 11.9 Å². The molecular formula is C15H16N2O4. The average Bonchev–Trinajstić information content (AvgIpc) is 3.19. The highest BCUT2D eigenvalue weighted by Crippen LogP contribution is 2.29. The van der Waals surface area contributed by atoms with Gasteiger partial charge in [-0.2, -0.15) is 0 Å². The third kappa shape index (κ3) is 2.90. The number of nitrogens with one attached hydrogen (secondary N) is 1. The first-order valence-electron chi connectivity index (χ1n) is 6.79. The van der Waals surface area contributed by atoms with Crippen LogP contribution in [0, 0.1) is 0 Å². The summed E-state index contributed by atoms with van der Waals surface area (Å²) in [7, 11) is 1.61. The Labute approximate surface area is 122 Å². The van der Waals surface area contributed by atoms with E-state index in [0.29, 0.717) is 12.5 Å². The predicted octanol–water partition coefficient (Wildman–Crippen LogP) is 2.47. The molecule has 0 radical (unpaired) electrons. The van der Waals surface area contributed by atoms with Crippen molar-refractivity contribution in [3.05, 3.63) is 30.5 Å². The summed E-state index contributed by atoms with van der Waals surface area (Å²) in [6, 6.07) is 7.45. The van der Waals surface area contributed by atoms with Gasteiger partial charge in [0.15, 0.2) is 0 Å². The van der Waals surface area contributed by atoms with E-state index < -0.39 is 6.10 Å². The summed E-state index contributed by atoms with van der Waals surface area (Å²) in [5.74, 6) is 0.903. The maximum absolute atomic E-state index is 12.1. The minimum atomic E-state index is -0.404. The summed E-state index contributed by atoms with van der Waals surface area (Å²) in [5.41, 5.74) is 1.61. The minimum Gasteiger partial charge on any atom is -0.497 e. The fourth-order valence-electron chi connectivity index (χ4n) is 2.28. The molecule has 2 aromatic rings. The normalized spacial score (nSPS) is 17.7. The number of methoxy groups -OCH3 is 1. The van der Waals surface area contributed by atoms with Crippen molar-refractivity contribution in [1.29, 1.82) is 0 Å². The van der Waals surface area contributed by atoms with Crippen LogP contribution in [0.25, 0.3) is 11.1 Å². The second kappa shape index (κ2) is 5.97. The van der Waals surface area contributed by atoms with Crippen LogP contribution in [0.3, 0.4) is 0 Å². The Morgan fingerprint density at radius 2 is 2.19 bits per heavy atom. The smallest absolute Gasteiger partial charge is 0.255 e. The molecule has 2 heterocycles. The molecule has 6 nitrogen and oxygen atoms in total. The molecule has 0 spiro atoms. The Balaban J connectivity index is 1.78. The monoisotopic (exact) mass is 288 g/mol. The number of ether oxygens (including phenoxy) is 2. The van der Waals surface area contributed by atoms with E-state index in [1.165, 1.54) is 0 Å². The van der Waals surface area contributed by atoms with Crippen molar-refractivity contribution < 1.29 is 18.8 Å². The Bertz CT molecular complexity index is 615. The molecule has 1 amide bonds. The summed E-state index contributed by atoms with van der Waals surface area (Å²) in [6.07, 6.45) is 2.81. The molecule has 1 aliphatic heterocycles. The number of nitrogens with zero attached hydrogens (tertiary/aromatic N) is 1. The summed E-state index contributed by atoms with van der Waals surface area (Å²) in [5, 5.41) is 6.49. The highest BCUT2D eigenvalue weighted by molar-refractivity contribution is 5.96. The van der Waals surface area contributed by atoms with E-state index in [1.807, 2.05) is 24.3 Å². The van der Waals surface area contributed by atoms with Gasteiger partial charge in [-0.3, -0.25) is 10.1 Å². The number of rotatable bonds is 4. The largest absolute Gasteiger partial charge is 0.497 e. The number of hydrogen-bond donors (Lipinski definition) is 1. The lowest BCUT2D eigenvalue weighted by Crippen LogP contribution is -2.26. The van der Waals surface area contributed by atoms with E-state index in [9.17, 15) is 4.79 Å². The molecule has 1 saturated heterocycles. The van der Waals surface area contributed by atoms with Crippen LogP contribution in [0.15, 0.2) is 35.0 Å². The number of benzene rings is 1. The van der Waals surface area contributed by atoms with Crippen LogP contribution >= 0.6 is 0 Å². The van der Waals surface area contributed by atoms with Gasteiger partial charge in [-0.05, 0) is 30.5 Å². The van der Waals surface area contributed by atoms with Gasteiger partial charge in [-0.25, -0.2) is 0 Å². The molecule has 1 aromatic heterocycles. The highest BCUT2D eigenvalue weighted by atomic mass is 16.5. The number of amides is 1. The number of carbonyl (C=O) groups excluding carboxylic acids is 1. The molecule has 1 atom stereocenters. The lowest BCUT2D eigenvalue weighted by atomic mass is 10.1. The van der Waals surface area contributed by atoms with Crippen LogP contribution in [0.4, 0.5) is 5.88 Å². The van der Waals surface area contributed by atoms with Crippen molar-refractivity contribution in [2.45, 2.75) is 18.9 Å². The lowest BCUT2D eigenvalue weighted by Gasteiger charge is -2.09. The van der Waals surface area contributed by atoms with Crippen LogP contribution in [0.5, 0.6) is 5.75 Å². The van der Waals surface area contributed by atoms with E-state index in [2.05, 4.69) is 10.5 Å². The maximum atomic E-state index is 12.1. The molecule has 0 aliphatic carbocycles. The van der Waals surface area contributed by atoms with E-state index in [-0.39, 0.29) is 5.91 Å². The van der Waals surface area contributed by atoms with Gasteiger partial charge in [-0.1, -0.05) is 17.3 Å². The van der Waals surface area contributed by atoms with E-state index >= 15 is 0 Å². The van der Waals surface area contributed by atoms with Crippen LogP contribution in [-0.4, -0.2) is 30.9 Å². The van der Waals surface area contributed by atoms with Gasteiger partial charge in [0.2, 0.25) is 5.88 Å². The minimum absolute atomic E-state index is 0.195. The molecule has 110 valence electrons. The molecule has 0 saturated carbocycles. The SMILES string of the molecule is COc1ccc(-c2cnoc2NC(=O)C2CCCO2)cc1. The number of hydrogen-bond acceptors (Lipinski definition) is 5. The van der Waals surface area contributed by atoms with Crippen molar-refractivity contribution in [1.82, 2.24) is 5.16 Å². The first-order valence-corrected chi connectivity index (χ1v) is 6.79. The van der Waals surface area contributed by atoms with E-state index in [4.69, 9.17) is 14.0 Å². The molecule has 1 fully saturated rings. The van der Waals surface area contributed by atoms with Crippen molar-refractivity contribution in [2.75, 3.05) is 19.0 Å². The third-order valence-corrected chi connectivity index (χ3v) is 3.43. The third-order valence-electron chi connectivity index (χ3n) is 3.43. The van der Waals surface area contributed by atoms with Crippen molar-refractivity contribution in [3.63, 3.8) is 0 Å². The average molecular weight is 288 g/mol. The fourth-order valence-corrected chi connectivity index (χ4v) is 2.28. The Kier molecular flexibility index (Phi) is 3.87. The van der Waals surface area contributed by atoms with Crippen molar-refractivity contribution in [3.8, 4) is 16.9 Å². The number of anilines is 1. The first-order chi connectivity index (χ1) is 10.3. The van der Waals surface area contributed by atoms with E-state index in [0.717, 1.165) is 29.7 Å². The molecule has 3 rings (SSSR count). The van der Waals surface area contributed by atoms with Gasteiger partial charge in [0.25, 0.3) is 5.91 Å². The summed E-state index contributed by atoms with van der Waals surface area (Å²) < 4.78 is 15.6. The van der Waals surface area contributed by atoms with Crippen molar-refractivity contribution in [2.24, 2.45) is 0 Å². The highest BCUT2D eigenvalue weighted by Gasteiger charge is 2.25. The Morgan fingerprint density at radius 3 is 2.86 bits per heavy atom. The van der Waals surface area contributed by atoms with Crippen LogP contribution < -0.4 is 10.1 Å². The van der Waals surface area contributed by atoms with Gasteiger partial charge in [0, 0.05) is 6.61 Å². The Hall–Kier alpha value is -2.34. The number of carbonyl (C=O) groups is 1. The van der Waals surface area contributed by atoms with Crippen LogP contribution in [0.2, 0.25) is 0 Å². The van der Waals surface area contributed by atoms with E-state index in [1.54, 1.807) is 13.3 Å². The molecule has 1 aliphatic rings. The topological polar surface area (TPSA) is 73.6 Å². The van der Waals surface area contributed by atoms with Crippen molar-refractivity contribution >= 4 is 11.8 Å². The molecule has 1 unspecified atom stereocenters. The molecule has 1 N–H and O–H groups in total. The summed E-state index contributed by atoms with van der Waals surface area (Å²) >= 11 is 0. The second-order valence-corrected chi connectivity index (χ2v) is 4.79.